The van der Waals surface area contributed by atoms with Crippen molar-refractivity contribution in [3.8, 4) is 0 Å². The van der Waals surface area contributed by atoms with Crippen molar-refractivity contribution in [2.45, 2.75) is 6.55 Å². The first-order valence-corrected chi connectivity index (χ1v) is 4.03. The Kier molecular flexibility index (Phi) is 1.82. The number of carbonyl (C=O) groups is 1. The van der Waals surface area contributed by atoms with Crippen molar-refractivity contribution in [3.63, 3.8) is 0 Å². The summed E-state index contributed by atoms with van der Waals surface area (Å²) < 4.78 is 0. The molecule has 0 rings (SSSR count). The van der Waals surface area contributed by atoms with Gasteiger partial charge in [-0.15, -0.1) is 0 Å². The zero-order chi connectivity index (χ0) is 5.15. The van der Waals surface area contributed by atoms with Crippen molar-refractivity contribution in [3.05, 3.63) is 0 Å². The number of rotatable bonds is 1. The van der Waals surface area contributed by atoms with Crippen LogP contribution in [0.15, 0.2) is 0 Å². The molecule has 36 valence electrons. The molecule has 0 amide bonds. The van der Waals surface area contributed by atoms with Gasteiger partial charge in [-0.05, 0) is 6.55 Å². The Morgan fingerprint density at radius 1 is 2.00 bits per heavy atom. The van der Waals surface area contributed by atoms with Crippen LogP contribution in [0, 0.1) is 0 Å². The van der Waals surface area contributed by atoms with E-state index in [0.717, 1.165) is 0 Å². The molecule has 0 spiro atoms. The molecule has 0 aliphatic heterocycles. The van der Waals surface area contributed by atoms with Gasteiger partial charge in [-0.1, -0.05) is 0 Å². The van der Waals surface area contributed by atoms with Gasteiger partial charge in [0, 0.05) is 0 Å². The second kappa shape index (κ2) is 1.94. The van der Waals surface area contributed by atoms with E-state index < -0.39 is 14.6 Å². The van der Waals surface area contributed by atoms with Gasteiger partial charge in [0.25, 0.3) is 5.59 Å². The molecule has 0 saturated carbocycles. The minimum atomic E-state index is -1.83. The molecule has 0 aromatic heterocycles. The molecule has 0 aliphatic rings. The van der Waals surface area contributed by atoms with Crippen LogP contribution in [0.3, 0.4) is 0 Å². The van der Waals surface area contributed by atoms with Gasteiger partial charge in [0.1, 0.15) is 0 Å². The van der Waals surface area contributed by atoms with Crippen molar-refractivity contribution in [2.24, 2.45) is 5.40 Å². The van der Waals surface area contributed by atoms with Crippen LogP contribution >= 0.6 is 0 Å². The smallest absolute Gasteiger partial charge is 0.282 e. The molecule has 6 heavy (non-hydrogen) atoms. The largest absolute Gasteiger partial charge is 0.485 e. The van der Waals surface area contributed by atoms with Gasteiger partial charge >= 0.3 is 0 Å². The normalized spacial score (nSPS) is 13.7. The summed E-state index contributed by atoms with van der Waals surface area (Å²) in [5, 5.41) is 12.9. The first-order chi connectivity index (χ1) is 2.64. The third-order valence-electron chi connectivity index (χ3n) is 0.390. The molecule has 1 atom stereocenters. The van der Waals surface area contributed by atoms with E-state index in [0.29, 0.717) is 0 Å². The van der Waals surface area contributed by atoms with E-state index in [-0.39, 0.29) is 0 Å². The zero-order valence-electron chi connectivity index (χ0n) is 3.51. The first kappa shape index (κ1) is 5.65. The van der Waals surface area contributed by atoms with Crippen LogP contribution in [0.5, 0.6) is 0 Å². The Labute approximate surface area is 37.5 Å². The van der Waals surface area contributed by atoms with Crippen molar-refractivity contribution in [1.29, 1.82) is 0 Å². The lowest BCUT2D eigenvalue weighted by Gasteiger charge is -1.87. The zero-order valence-corrected chi connectivity index (χ0v) is 4.66. The topological polar surface area (TPSA) is 63.3 Å². The van der Waals surface area contributed by atoms with Gasteiger partial charge in [0.15, 0.2) is 0 Å². The maximum absolute atomic E-state index is 9.64. The SMILES string of the molecule is C[Si@H](N)C(=O)O. The van der Waals surface area contributed by atoms with Crippen LogP contribution in [0.25, 0.3) is 0 Å². The summed E-state index contributed by atoms with van der Waals surface area (Å²) in [6.45, 7) is 1.56. The van der Waals surface area contributed by atoms with Gasteiger partial charge in [-0.3, -0.25) is 4.79 Å². The molecule has 4 heteroatoms. The second-order valence-corrected chi connectivity index (χ2v) is 3.20. The van der Waals surface area contributed by atoms with Crippen LogP contribution in [-0.4, -0.2) is 19.7 Å². The number of hydrogen-bond acceptors (Lipinski definition) is 2. The van der Waals surface area contributed by atoms with Gasteiger partial charge in [-0.25, -0.2) is 0 Å². The lowest BCUT2D eigenvalue weighted by molar-refractivity contribution is 0.219. The lowest BCUT2D eigenvalue weighted by atomic mass is 11.6. The van der Waals surface area contributed by atoms with Crippen molar-refractivity contribution < 1.29 is 9.90 Å². The molecular weight excluding hydrogens is 98.1 g/mol. The van der Waals surface area contributed by atoms with Gasteiger partial charge < -0.3 is 10.5 Å². The fraction of sp³-hybridized carbons (Fsp3) is 0.500. The average Bonchev–Trinajstić information content (AvgIpc) is 1.36. The molecular formula is C2H7NO2Si. The fourth-order valence-corrected chi connectivity index (χ4v) is 0. The molecule has 0 unspecified atom stereocenters. The van der Waals surface area contributed by atoms with E-state index in [1.165, 1.54) is 0 Å². The molecule has 3 N–H and O–H groups in total. The summed E-state index contributed by atoms with van der Waals surface area (Å²) in [6, 6.07) is 0. The van der Waals surface area contributed by atoms with Crippen molar-refractivity contribution >= 4 is 14.6 Å². The number of nitrogens with two attached hydrogens (primary N) is 1. The highest BCUT2D eigenvalue weighted by Gasteiger charge is 2.03. The summed E-state index contributed by atoms with van der Waals surface area (Å²) >= 11 is 0. The monoisotopic (exact) mass is 105 g/mol. The highest BCUT2D eigenvalue weighted by atomic mass is 28.3. The van der Waals surface area contributed by atoms with Crippen LogP contribution in [0.2, 0.25) is 6.55 Å². The molecule has 3 nitrogen and oxygen atoms in total. The van der Waals surface area contributed by atoms with Crippen molar-refractivity contribution in [2.75, 3.05) is 0 Å². The van der Waals surface area contributed by atoms with Gasteiger partial charge in [-0.2, -0.15) is 0 Å². The fourth-order valence-electron chi connectivity index (χ4n) is 0. The van der Waals surface area contributed by atoms with E-state index in [9.17, 15) is 4.79 Å². The second-order valence-electron chi connectivity index (χ2n) is 1.13. The standard InChI is InChI=1S/C2H7NO2Si/c1-6(3)2(4)5/h6H,3H2,1H3,(H,4,5)/t6-/m0/s1. The highest BCUT2D eigenvalue weighted by Crippen LogP contribution is 1.67. The highest BCUT2D eigenvalue weighted by molar-refractivity contribution is 6.84. The molecule has 0 aromatic rings. The Hall–Kier alpha value is -0.353. The summed E-state index contributed by atoms with van der Waals surface area (Å²) in [5.74, 6) is 0. The molecule has 0 fully saturated rings. The molecule has 0 aromatic carbocycles. The third kappa shape index (κ3) is 1.92. The minimum Gasteiger partial charge on any atom is -0.485 e. The Bertz CT molecular complexity index is 62.6. The first-order valence-electron chi connectivity index (χ1n) is 1.63. The van der Waals surface area contributed by atoms with Gasteiger partial charge in [0.05, 0.1) is 0 Å². The van der Waals surface area contributed by atoms with Crippen LogP contribution < -0.4 is 5.40 Å². The van der Waals surface area contributed by atoms with Gasteiger partial charge in [0.2, 0.25) is 8.96 Å². The van der Waals surface area contributed by atoms with E-state index in [1.807, 2.05) is 0 Å². The minimum absolute atomic E-state index is 0.824. The van der Waals surface area contributed by atoms with E-state index in [2.05, 4.69) is 0 Å². The Balaban J connectivity index is 3.26. The third-order valence-corrected chi connectivity index (χ3v) is 1.17. The molecule has 0 bridgehead atoms. The van der Waals surface area contributed by atoms with Crippen molar-refractivity contribution in [1.82, 2.24) is 0 Å². The Morgan fingerprint density at radius 2 is 2.17 bits per heavy atom. The maximum Gasteiger partial charge on any atom is 0.282 e. The summed E-state index contributed by atoms with van der Waals surface area (Å²) in [4.78, 5) is 9.64. The quantitative estimate of drug-likeness (QED) is 0.444. The molecule has 0 radical (unpaired) electrons. The average molecular weight is 105 g/mol. The van der Waals surface area contributed by atoms with Crippen LogP contribution in [0.4, 0.5) is 4.79 Å². The summed E-state index contributed by atoms with van der Waals surface area (Å²) in [7, 11) is -1.83. The number of hydrogen-bond donors (Lipinski definition) is 2. The van der Waals surface area contributed by atoms with Crippen LogP contribution in [0.1, 0.15) is 0 Å². The molecule has 0 heterocycles. The van der Waals surface area contributed by atoms with E-state index in [4.69, 9.17) is 10.5 Å². The summed E-state index contributed by atoms with van der Waals surface area (Å²) in [5.41, 5.74) is -0.824. The number of carboxylic acid groups (broad SMARTS) is 1. The predicted octanol–water partition coefficient (Wildman–Crippen LogP) is -0.442. The van der Waals surface area contributed by atoms with E-state index >= 15 is 0 Å². The molecule has 0 aliphatic carbocycles. The van der Waals surface area contributed by atoms with E-state index in [1.54, 1.807) is 6.55 Å². The Morgan fingerprint density at radius 3 is 2.17 bits per heavy atom. The predicted molar refractivity (Wildman–Crippen MR) is 25.2 cm³/mol. The lowest BCUT2D eigenvalue weighted by Crippen LogP contribution is -2.30. The maximum atomic E-state index is 9.64. The van der Waals surface area contributed by atoms with Crippen LogP contribution in [-0.2, 0) is 0 Å². The molecule has 0 saturated heterocycles. The summed E-state index contributed by atoms with van der Waals surface area (Å²) in [6.07, 6.45) is 0.